The monoisotopic (exact) mass is 121 g/mol. The molecule has 0 N–H and O–H groups in total. The van der Waals surface area contributed by atoms with Crippen LogP contribution in [0.25, 0.3) is 0 Å². The van der Waals surface area contributed by atoms with Gasteiger partial charge in [0, 0.05) is 18.7 Å². The zero-order valence-electron chi connectivity index (χ0n) is 4.44. The molecule has 7 heavy (non-hydrogen) atoms. The van der Waals surface area contributed by atoms with Gasteiger partial charge in [-0.05, 0) is 6.92 Å². The molecule has 0 rings (SSSR count). The Balaban J connectivity index is 3.17. The van der Waals surface area contributed by atoms with Gasteiger partial charge in [0.1, 0.15) is 0 Å². The van der Waals surface area contributed by atoms with E-state index in [1.54, 1.807) is 6.92 Å². The van der Waals surface area contributed by atoms with Gasteiger partial charge in [-0.25, -0.2) is 0 Å². The molecule has 0 saturated heterocycles. The second-order valence-electron chi connectivity index (χ2n) is 1.04. The fourth-order valence-electron chi connectivity index (χ4n) is 0.233. The molecule has 2 nitrogen and oxygen atoms in total. The first-order valence-electron chi connectivity index (χ1n) is 2.09. The molecule has 0 bridgehead atoms. The SMILES string of the molecule is CCO/C(C)=N\Cl. The quantitative estimate of drug-likeness (QED) is 0.382. The first-order valence-corrected chi connectivity index (χ1v) is 2.43. The second kappa shape index (κ2) is 3.93. The number of halogens is 1. The van der Waals surface area contributed by atoms with Crippen molar-refractivity contribution in [2.75, 3.05) is 6.61 Å². The fourth-order valence-corrected chi connectivity index (χ4v) is 0.282. The van der Waals surface area contributed by atoms with E-state index < -0.39 is 0 Å². The van der Waals surface area contributed by atoms with Crippen LogP contribution >= 0.6 is 11.8 Å². The smallest absolute Gasteiger partial charge is 0.197 e. The number of ether oxygens (including phenoxy) is 1. The van der Waals surface area contributed by atoms with E-state index in [-0.39, 0.29) is 0 Å². The summed E-state index contributed by atoms with van der Waals surface area (Å²) >= 11 is 4.99. The van der Waals surface area contributed by atoms with Crippen LogP contribution in [0.1, 0.15) is 13.8 Å². The molecule has 0 aromatic rings. The van der Waals surface area contributed by atoms with Gasteiger partial charge in [0.25, 0.3) is 0 Å². The van der Waals surface area contributed by atoms with Gasteiger partial charge >= 0.3 is 0 Å². The van der Waals surface area contributed by atoms with E-state index in [0.29, 0.717) is 12.5 Å². The predicted octanol–water partition coefficient (Wildman–Crippen LogP) is 1.60. The molecule has 0 aliphatic heterocycles. The molecule has 0 aromatic heterocycles. The molecule has 0 saturated carbocycles. The van der Waals surface area contributed by atoms with Crippen molar-refractivity contribution in [3.05, 3.63) is 0 Å². The number of hydrogen-bond donors (Lipinski definition) is 0. The average molecular weight is 122 g/mol. The first kappa shape index (κ1) is 6.76. The summed E-state index contributed by atoms with van der Waals surface area (Å²) in [5, 5.41) is 0. The van der Waals surface area contributed by atoms with Crippen LogP contribution in [0.2, 0.25) is 0 Å². The first-order chi connectivity index (χ1) is 3.31. The van der Waals surface area contributed by atoms with Gasteiger partial charge in [0.2, 0.25) is 0 Å². The minimum absolute atomic E-state index is 0.518. The molecular formula is C4H8ClNO. The topological polar surface area (TPSA) is 21.6 Å². The van der Waals surface area contributed by atoms with Crippen molar-refractivity contribution in [2.45, 2.75) is 13.8 Å². The molecule has 0 aliphatic rings. The molecule has 0 amide bonds. The van der Waals surface area contributed by atoms with Crippen LogP contribution in [-0.4, -0.2) is 12.5 Å². The third kappa shape index (κ3) is 3.59. The largest absolute Gasteiger partial charge is 0.481 e. The van der Waals surface area contributed by atoms with Crippen LogP contribution < -0.4 is 0 Å². The van der Waals surface area contributed by atoms with Crippen molar-refractivity contribution in [3.63, 3.8) is 0 Å². The Bertz CT molecular complexity index is 72.1. The summed E-state index contributed by atoms with van der Waals surface area (Å²) in [6.45, 7) is 4.21. The normalized spacial score (nSPS) is 11.6. The summed E-state index contributed by atoms with van der Waals surface area (Å²) in [5.74, 6) is 0.518. The van der Waals surface area contributed by atoms with Crippen LogP contribution in [-0.2, 0) is 4.74 Å². The van der Waals surface area contributed by atoms with Gasteiger partial charge in [-0.3, -0.25) is 0 Å². The Hall–Kier alpha value is -0.240. The maximum absolute atomic E-state index is 4.99. The lowest BCUT2D eigenvalue weighted by atomic mass is 10.7. The van der Waals surface area contributed by atoms with Crippen LogP contribution in [0.15, 0.2) is 4.51 Å². The van der Waals surface area contributed by atoms with Gasteiger partial charge < -0.3 is 4.74 Å². The number of rotatable bonds is 1. The Morgan fingerprint density at radius 2 is 2.43 bits per heavy atom. The zero-order valence-corrected chi connectivity index (χ0v) is 5.20. The van der Waals surface area contributed by atoms with E-state index in [4.69, 9.17) is 16.5 Å². The van der Waals surface area contributed by atoms with E-state index in [1.165, 1.54) is 0 Å². The lowest BCUT2D eigenvalue weighted by molar-refractivity contribution is 0.325. The van der Waals surface area contributed by atoms with Gasteiger partial charge in [-0.2, -0.15) is 0 Å². The maximum atomic E-state index is 4.99. The molecule has 0 aliphatic carbocycles. The molecule has 42 valence electrons. The Morgan fingerprint density at radius 3 is 2.57 bits per heavy atom. The van der Waals surface area contributed by atoms with E-state index in [9.17, 15) is 0 Å². The van der Waals surface area contributed by atoms with Crippen molar-refractivity contribution in [2.24, 2.45) is 4.51 Å². The lowest BCUT2D eigenvalue weighted by Gasteiger charge is -1.94. The third-order valence-corrected chi connectivity index (χ3v) is 0.710. The molecule has 0 heterocycles. The summed E-state index contributed by atoms with van der Waals surface area (Å²) in [7, 11) is 0. The van der Waals surface area contributed by atoms with Gasteiger partial charge in [0.05, 0.1) is 6.61 Å². The average Bonchev–Trinajstić information content (AvgIpc) is 1.68. The fraction of sp³-hybridized carbons (Fsp3) is 0.750. The lowest BCUT2D eigenvalue weighted by Crippen LogP contribution is -1.95. The maximum Gasteiger partial charge on any atom is 0.197 e. The molecule has 0 fully saturated rings. The number of nitrogens with zero attached hydrogens (tertiary/aromatic N) is 1. The molecule has 0 spiro atoms. The highest BCUT2D eigenvalue weighted by atomic mass is 35.5. The van der Waals surface area contributed by atoms with E-state index in [1.807, 2.05) is 6.92 Å². The Kier molecular flexibility index (Phi) is 3.80. The molecule has 0 unspecified atom stereocenters. The zero-order chi connectivity index (χ0) is 5.70. The van der Waals surface area contributed by atoms with Crippen LogP contribution in [0.5, 0.6) is 0 Å². The summed E-state index contributed by atoms with van der Waals surface area (Å²) in [6, 6.07) is 0. The van der Waals surface area contributed by atoms with Crippen molar-refractivity contribution in [3.8, 4) is 0 Å². The highest BCUT2D eigenvalue weighted by Gasteiger charge is 1.81. The van der Waals surface area contributed by atoms with Crippen LogP contribution in [0.4, 0.5) is 0 Å². The van der Waals surface area contributed by atoms with Gasteiger partial charge in [-0.15, -0.1) is 4.51 Å². The van der Waals surface area contributed by atoms with Crippen LogP contribution in [0, 0.1) is 0 Å². The highest BCUT2D eigenvalue weighted by molar-refractivity contribution is 6.18. The predicted molar refractivity (Wildman–Crippen MR) is 30.6 cm³/mol. The highest BCUT2D eigenvalue weighted by Crippen LogP contribution is 1.82. The standard InChI is InChI=1S/C4H8ClNO/c1-3-7-4(2)6-5/h3H2,1-2H3/b6-4-. The Morgan fingerprint density at radius 1 is 1.86 bits per heavy atom. The van der Waals surface area contributed by atoms with Crippen molar-refractivity contribution in [1.29, 1.82) is 0 Å². The minimum atomic E-state index is 0.518. The van der Waals surface area contributed by atoms with Gasteiger partial charge in [-0.1, -0.05) is 0 Å². The third-order valence-electron chi connectivity index (χ3n) is 0.472. The van der Waals surface area contributed by atoms with Crippen molar-refractivity contribution >= 4 is 17.7 Å². The molecule has 3 heteroatoms. The van der Waals surface area contributed by atoms with E-state index >= 15 is 0 Å². The molecule has 0 aromatic carbocycles. The van der Waals surface area contributed by atoms with E-state index in [2.05, 4.69) is 4.51 Å². The summed E-state index contributed by atoms with van der Waals surface area (Å²) in [6.07, 6.45) is 0. The number of hydrogen-bond acceptors (Lipinski definition) is 2. The van der Waals surface area contributed by atoms with Crippen molar-refractivity contribution < 1.29 is 4.74 Å². The minimum Gasteiger partial charge on any atom is -0.481 e. The van der Waals surface area contributed by atoms with Crippen LogP contribution in [0.3, 0.4) is 0 Å². The molecule has 0 radical (unpaired) electrons. The molecule has 0 atom stereocenters. The second-order valence-corrected chi connectivity index (χ2v) is 1.21. The van der Waals surface area contributed by atoms with Gasteiger partial charge in [0.15, 0.2) is 5.90 Å². The molecular weight excluding hydrogens is 114 g/mol. The van der Waals surface area contributed by atoms with E-state index in [0.717, 1.165) is 0 Å². The van der Waals surface area contributed by atoms with Crippen molar-refractivity contribution in [1.82, 2.24) is 0 Å². The summed E-state index contributed by atoms with van der Waals surface area (Å²) in [4.78, 5) is 0. The Labute approximate surface area is 48.3 Å². The summed E-state index contributed by atoms with van der Waals surface area (Å²) < 4.78 is 8.05. The summed E-state index contributed by atoms with van der Waals surface area (Å²) in [5.41, 5.74) is 0.